The fourth-order valence-corrected chi connectivity index (χ4v) is 3.76. The van der Waals surface area contributed by atoms with Crippen molar-refractivity contribution in [2.24, 2.45) is 0 Å². The molecule has 3 aromatic rings. The van der Waals surface area contributed by atoms with E-state index in [0.717, 1.165) is 27.9 Å². The van der Waals surface area contributed by atoms with E-state index < -0.39 is 5.91 Å². The average molecular weight is 398 g/mol. The van der Waals surface area contributed by atoms with Crippen molar-refractivity contribution >= 4 is 29.2 Å². The van der Waals surface area contributed by atoms with E-state index in [1.165, 1.54) is 0 Å². The van der Waals surface area contributed by atoms with Gasteiger partial charge in [-0.2, -0.15) is 0 Å². The first kappa shape index (κ1) is 19.6. The number of hydrogen-bond donors (Lipinski definition) is 2. The molecule has 1 aliphatic heterocycles. The van der Waals surface area contributed by atoms with Gasteiger partial charge >= 0.3 is 0 Å². The molecular weight excluding hydrogens is 376 g/mol. The lowest BCUT2D eigenvalue weighted by Gasteiger charge is -2.20. The van der Waals surface area contributed by atoms with Crippen LogP contribution in [0.5, 0.6) is 0 Å². The summed E-state index contributed by atoms with van der Waals surface area (Å²) in [7, 11) is 0. The molecule has 0 saturated heterocycles. The molecule has 5 nitrogen and oxygen atoms in total. The van der Waals surface area contributed by atoms with E-state index in [2.05, 4.69) is 0 Å². The Kier molecular flexibility index (Phi) is 5.46. The molecule has 1 heterocycles. The number of hydrogen-bond acceptors (Lipinski definition) is 3. The molecule has 150 valence electrons. The van der Waals surface area contributed by atoms with Gasteiger partial charge in [0.2, 0.25) is 0 Å². The van der Waals surface area contributed by atoms with Crippen molar-refractivity contribution in [2.75, 3.05) is 11.4 Å². The number of carbonyl (C=O) groups excluding carboxylic acids is 2. The zero-order valence-electron chi connectivity index (χ0n) is 16.6. The number of rotatable bonds is 4. The fourth-order valence-electron chi connectivity index (χ4n) is 3.76. The van der Waals surface area contributed by atoms with E-state index in [-0.39, 0.29) is 5.91 Å². The van der Waals surface area contributed by atoms with Crippen LogP contribution < -0.4 is 10.4 Å². The third-order valence-corrected chi connectivity index (χ3v) is 5.25. The molecule has 0 saturated carbocycles. The third-order valence-electron chi connectivity index (χ3n) is 5.25. The largest absolute Gasteiger partial charge is 0.308 e. The molecule has 3 aromatic carbocycles. The zero-order valence-corrected chi connectivity index (χ0v) is 16.6. The second-order valence-electron chi connectivity index (χ2n) is 7.33. The Labute approximate surface area is 175 Å². The summed E-state index contributed by atoms with van der Waals surface area (Å²) in [4.78, 5) is 27.1. The molecule has 0 spiro atoms. The van der Waals surface area contributed by atoms with Crippen LogP contribution in [0.4, 0.5) is 5.69 Å². The number of amides is 2. The van der Waals surface area contributed by atoms with Gasteiger partial charge in [-0.25, -0.2) is 5.48 Å². The van der Waals surface area contributed by atoms with E-state index in [1.807, 2.05) is 67.6 Å². The summed E-state index contributed by atoms with van der Waals surface area (Å²) >= 11 is 0. The van der Waals surface area contributed by atoms with Gasteiger partial charge in [-0.1, -0.05) is 60.2 Å². The van der Waals surface area contributed by atoms with E-state index in [0.29, 0.717) is 24.1 Å². The lowest BCUT2D eigenvalue weighted by molar-refractivity contribution is -0.113. The highest BCUT2D eigenvalue weighted by molar-refractivity contribution is 6.30. The SMILES string of the molecule is Cc1cccc(C(=Cc2ccccc2)C(=O)N2CCc3cc(C(=O)NO)ccc32)c1. The number of anilines is 1. The van der Waals surface area contributed by atoms with Gasteiger partial charge in [0, 0.05) is 23.4 Å². The standard InChI is InChI=1S/C25H22N2O3/c1-17-6-5-9-19(14-17)22(15-18-7-3-2-4-8-18)25(29)27-13-12-20-16-21(24(28)26-30)10-11-23(20)27/h2-11,14-16,30H,12-13H2,1H3,(H,26,28). The maximum atomic E-state index is 13.6. The van der Waals surface area contributed by atoms with Gasteiger partial charge in [0.05, 0.1) is 0 Å². The summed E-state index contributed by atoms with van der Waals surface area (Å²) in [5, 5.41) is 8.87. The van der Waals surface area contributed by atoms with E-state index >= 15 is 0 Å². The summed E-state index contributed by atoms with van der Waals surface area (Å²) in [6.45, 7) is 2.54. The highest BCUT2D eigenvalue weighted by Gasteiger charge is 2.28. The molecule has 0 aromatic heterocycles. The van der Waals surface area contributed by atoms with Crippen molar-refractivity contribution in [3.8, 4) is 0 Å². The summed E-state index contributed by atoms with van der Waals surface area (Å²) in [5.41, 5.74) is 7.25. The molecular formula is C25H22N2O3. The Bertz CT molecular complexity index is 1140. The van der Waals surface area contributed by atoms with Crippen LogP contribution in [0, 0.1) is 6.92 Å². The number of nitrogens with zero attached hydrogens (tertiary/aromatic N) is 1. The summed E-state index contributed by atoms with van der Waals surface area (Å²) in [5.74, 6) is -0.644. The van der Waals surface area contributed by atoms with Crippen LogP contribution in [0.1, 0.15) is 32.6 Å². The van der Waals surface area contributed by atoms with Crippen molar-refractivity contribution < 1.29 is 14.8 Å². The van der Waals surface area contributed by atoms with E-state index in [9.17, 15) is 9.59 Å². The van der Waals surface area contributed by atoms with Crippen LogP contribution >= 0.6 is 0 Å². The first-order chi connectivity index (χ1) is 14.6. The van der Waals surface area contributed by atoms with E-state index in [1.54, 1.807) is 28.6 Å². The average Bonchev–Trinajstić information content (AvgIpc) is 3.20. The van der Waals surface area contributed by atoms with Gasteiger partial charge in [0.1, 0.15) is 0 Å². The summed E-state index contributed by atoms with van der Waals surface area (Å²) in [6, 6.07) is 22.8. The minimum Gasteiger partial charge on any atom is -0.308 e. The Morgan fingerprint density at radius 1 is 0.967 bits per heavy atom. The maximum absolute atomic E-state index is 13.6. The molecule has 5 heteroatoms. The fraction of sp³-hybridized carbons (Fsp3) is 0.120. The molecule has 0 aliphatic carbocycles. The highest BCUT2D eigenvalue weighted by Crippen LogP contribution is 2.32. The number of carbonyl (C=O) groups is 2. The summed E-state index contributed by atoms with van der Waals surface area (Å²) < 4.78 is 0. The van der Waals surface area contributed by atoms with Crippen LogP contribution in [0.2, 0.25) is 0 Å². The molecule has 0 unspecified atom stereocenters. The molecule has 0 atom stereocenters. The predicted molar refractivity (Wildman–Crippen MR) is 117 cm³/mol. The zero-order chi connectivity index (χ0) is 21.1. The Morgan fingerprint density at radius 3 is 2.50 bits per heavy atom. The van der Waals surface area contributed by atoms with Crippen LogP contribution in [-0.4, -0.2) is 23.6 Å². The first-order valence-corrected chi connectivity index (χ1v) is 9.80. The van der Waals surface area contributed by atoms with Crippen molar-refractivity contribution in [1.82, 2.24) is 5.48 Å². The molecule has 2 amide bonds. The second kappa shape index (κ2) is 8.35. The number of fused-ring (bicyclic) bond motifs is 1. The minimum absolute atomic E-state index is 0.0810. The quantitative estimate of drug-likeness (QED) is 0.299. The molecule has 30 heavy (non-hydrogen) atoms. The number of benzene rings is 3. The van der Waals surface area contributed by atoms with Crippen molar-refractivity contribution in [3.05, 3.63) is 101 Å². The smallest absolute Gasteiger partial charge is 0.274 e. The van der Waals surface area contributed by atoms with Crippen LogP contribution in [0.15, 0.2) is 72.8 Å². The van der Waals surface area contributed by atoms with Gasteiger partial charge in [-0.3, -0.25) is 14.8 Å². The Hall–Kier alpha value is -3.70. The van der Waals surface area contributed by atoms with Crippen molar-refractivity contribution in [1.29, 1.82) is 0 Å². The highest BCUT2D eigenvalue weighted by atomic mass is 16.5. The van der Waals surface area contributed by atoms with Crippen molar-refractivity contribution in [3.63, 3.8) is 0 Å². The molecule has 4 rings (SSSR count). The molecule has 0 fully saturated rings. The lowest BCUT2D eigenvalue weighted by Crippen LogP contribution is -2.29. The number of nitrogens with one attached hydrogen (secondary N) is 1. The monoisotopic (exact) mass is 398 g/mol. The van der Waals surface area contributed by atoms with E-state index in [4.69, 9.17) is 5.21 Å². The van der Waals surface area contributed by atoms with Gasteiger partial charge in [-0.15, -0.1) is 0 Å². The molecule has 2 N–H and O–H groups in total. The Balaban J connectivity index is 1.74. The van der Waals surface area contributed by atoms with Gasteiger partial charge in [0.25, 0.3) is 11.8 Å². The van der Waals surface area contributed by atoms with Gasteiger partial charge < -0.3 is 4.90 Å². The maximum Gasteiger partial charge on any atom is 0.274 e. The molecule has 1 aliphatic rings. The topological polar surface area (TPSA) is 69.6 Å². The Morgan fingerprint density at radius 2 is 1.77 bits per heavy atom. The minimum atomic E-state index is -0.563. The van der Waals surface area contributed by atoms with Gasteiger partial charge in [-0.05, 0) is 54.3 Å². The van der Waals surface area contributed by atoms with Crippen LogP contribution in [-0.2, 0) is 11.2 Å². The number of aryl methyl sites for hydroxylation is 1. The second-order valence-corrected chi connectivity index (χ2v) is 7.33. The van der Waals surface area contributed by atoms with Gasteiger partial charge in [0.15, 0.2) is 0 Å². The predicted octanol–water partition coefficient (Wildman–Crippen LogP) is 4.24. The van der Waals surface area contributed by atoms with Crippen LogP contribution in [0.25, 0.3) is 11.6 Å². The normalized spacial score (nSPS) is 13.1. The summed E-state index contributed by atoms with van der Waals surface area (Å²) in [6.07, 6.45) is 2.57. The number of hydroxylamine groups is 1. The first-order valence-electron chi connectivity index (χ1n) is 9.80. The van der Waals surface area contributed by atoms with Crippen molar-refractivity contribution in [2.45, 2.75) is 13.3 Å². The van der Waals surface area contributed by atoms with Crippen LogP contribution in [0.3, 0.4) is 0 Å². The molecule has 0 bridgehead atoms. The molecule has 0 radical (unpaired) electrons. The third kappa shape index (κ3) is 3.88. The lowest BCUT2D eigenvalue weighted by atomic mass is 9.99.